The van der Waals surface area contributed by atoms with Crippen molar-refractivity contribution in [2.45, 2.75) is 32.8 Å². The van der Waals surface area contributed by atoms with Crippen molar-refractivity contribution in [3.63, 3.8) is 0 Å². The second-order valence-corrected chi connectivity index (χ2v) is 8.52. The molecule has 30 heavy (non-hydrogen) atoms. The molecule has 0 unspecified atom stereocenters. The van der Waals surface area contributed by atoms with E-state index in [0.717, 1.165) is 43.5 Å². The Morgan fingerprint density at radius 2 is 1.87 bits per heavy atom. The standard InChI is InChI=1S/C22H30FN5O2/c1-22(2,3)21-24-16(15-30-4)13-19(26-21)28-11-9-27(10-12-28)14-20(29)25-18-8-6-5-7-17(18)23/h5-8,13H,9-12,14-15H2,1-4H3,(H,25,29). The van der Waals surface area contributed by atoms with Gasteiger partial charge in [0.25, 0.3) is 0 Å². The number of piperazine rings is 1. The molecule has 3 rings (SSSR count). The van der Waals surface area contributed by atoms with Crippen LogP contribution in [0.2, 0.25) is 0 Å². The van der Waals surface area contributed by atoms with Crippen molar-refractivity contribution in [3.05, 3.63) is 47.7 Å². The quantitative estimate of drug-likeness (QED) is 0.782. The zero-order valence-electron chi connectivity index (χ0n) is 18.1. The third kappa shape index (κ3) is 5.73. The number of carbonyl (C=O) groups is 1. The number of aromatic nitrogens is 2. The van der Waals surface area contributed by atoms with E-state index in [2.05, 4.69) is 40.9 Å². The Morgan fingerprint density at radius 1 is 1.17 bits per heavy atom. The summed E-state index contributed by atoms with van der Waals surface area (Å²) in [5.74, 6) is 1.03. The van der Waals surface area contributed by atoms with Crippen LogP contribution in [0.5, 0.6) is 0 Å². The van der Waals surface area contributed by atoms with E-state index in [4.69, 9.17) is 9.72 Å². The fourth-order valence-corrected chi connectivity index (χ4v) is 3.29. The summed E-state index contributed by atoms with van der Waals surface area (Å²) >= 11 is 0. The maximum atomic E-state index is 13.7. The summed E-state index contributed by atoms with van der Waals surface area (Å²) in [6.07, 6.45) is 0. The molecule has 2 aromatic rings. The Kier molecular flexibility index (Phi) is 6.99. The van der Waals surface area contributed by atoms with Crippen LogP contribution >= 0.6 is 0 Å². The molecule has 1 N–H and O–H groups in total. The second-order valence-electron chi connectivity index (χ2n) is 8.52. The van der Waals surface area contributed by atoms with E-state index in [0.29, 0.717) is 6.61 Å². The number of amides is 1. The Bertz CT molecular complexity index is 876. The maximum Gasteiger partial charge on any atom is 0.238 e. The number of nitrogens with one attached hydrogen (secondary N) is 1. The van der Waals surface area contributed by atoms with E-state index in [9.17, 15) is 9.18 Å². The highest BCUT2D eigenvalue weighted by molar-refractivity contribution is 5.92. The van der Waals surface area contributed by atoms with Gasteiger partial charge in [-0.05, 0) is 12.1 Å². The zero-order chi connectivity index (χ0) is 21.7. The van der Waals surface area contributed by atoms with Crippen molar-refractivity contribution in [2.75, 3.05) is 50.1 Å². The smallest absolute Gasteiger partial charge is 0.238 e. The van der Waals surface area contributed by atoms with Gasteiger partial charge in [0.2, 0.25) is 5.91 Å². The van der Waals surface area contributed by atoms with Crippen LogP contribution in [0, 0.1) is 5.82 Å². The highest BCUT2D eigenvalue weighted by atomic mass is 19.1. The first-order valence-electron chi connectivity index (χ1n) is 10.2. The minimum atomic E-state index is -0.430. The van der Waals surface area contributed by atoms with E-state index in [-0.39, 0.29) is 23.6 Å². The van der Waals surface area contributed by atoms with Gasteiger partial charge >= 0.3 is 0 Å². The average molecular weight is 416 g/mol. The summed E-state index contributed by atoms with van der Waals surface area (Å²) in [5.41, 5.74) is 0.909. The molecular formula is C22H30FN5O2. The van der Waals surface area contributed by atoms with Gasteiger partial charge in [-0.2, -0.15) is 0 Å². The molecule has 1 aromatic heterocycles. The number of para-hydroxylation sites is 1. The molecule has 1 aliphatic rings. The molecule has 0 saturated carbocycles. The fraction of sp³-hybridized carbons (Fsp3) is 0.500. The molecule has 1 fully saturated rings. The van der Waals surface area contributed by atoms with Gasteiger partial charge < -0.3 is 15.0 Å². The molecule has 1 saturated heterocycles. The highest BCUT2D eigenvalue weighted by Gasteiger charge is 2.24. The lowest BCUT2D eigenvalue weighted by molar-refractivity contribution is -0.117. The first-order valence-corrected chi connectivity index (χ1v) is 10.2. The zero-order valence-corrected chi connectivity index (χ0v) is 18.1. The van der Waals surface area contributed by atoms with Crippen molar-refractivity contribution >= 4 is 17.4 Å². The van der Waals surface area contributed by atoms with Gasteiger partial charge in [-0.3, -0.25) is 9.69 Å². The van der Waals surface area contributed by atoms with Gasteiger partial charge in [0.15, 0.2) is 0 Å². The summed E-state index contributed by atoms with van der Waals surface area (Å²) in [5, 5.41) is 2.64. The van der Waals surface area contributed by atoms with Crippen LogP contribution in [0.25, 0.3) is 0 Å². The maximum absolute atomic E-state index is 13.7. The molecule has 0 aliphatic carbocycles. The summed E-state index contributed by atoms with van der Waals surface area (Å²) in [7, 11) is 1.66. The van der Waals surface area contributed by atoms with Gasteiger partial charge in [0.1, 0.15) is 17.5 Å². The minimum Gasteiger partial charge on any atom is -0.378 e. The van der Waals surface area contributed by atoms with Gasteiger partial charge in [-0.15, -0.1) is 0 Å². The number of carbonyl (C=O) groups excluding carboxylic acids is 1. The van der Waals surface area contributed by atoms with Crippen LogP contribution in [-0.2, 0) is 21.6 Å². The van der Waals surface area contributed by atoms with Crippen molar-refractivity contribution in [2.24, 2.45) is 0 Å². The van der Waals surface area contributed by atoms with Gasteiger partial charge in [-0.25, -0.2) is 14.4 Å². The number of hydrogen-bond acceptors (Lipinski definition) is 6. The van der Waals surface area contributed by atoms with E-state index >= 15 is 0 Å². The van der Waals surface area contributed by atoms with E-state index in [1.807, 2.05) is 6.07 Å². The summed E-state index contributed by atoms with van der Waals surface area (Å²) in [6, 6.07) is 8.16. The van der Waals surface area contributed by atoms with Crippen LogP contribution < -0.4 is 10.2 Å². The van der Waals surface area contributed by atoms with Gasteiger partial charge in [0.05, 0.1) is 24.5 Å². The Labute approximate surface area is 177 Å². The number of anilines is 2. The molecule has 7 nitrogen and oxygen atoms in total. The van der Waals surface area contributed by atoms with Crippen LogP contribution in [0.15, 0.2) is 30.3 Å². The Balaban J connectivity index is 1.60. The lowest BCUT2D eigenvalue weighted by atomic mass is 9.95. The van der Waals surface area contributed by atoms with Crippen molar-refractivity contribution in [1.82, 2.24) is 14.9 Å². The number of methoxy groups -OCH3 is 1. The van der Waals surface area contributed by atoms with E-state index < -0.39 is 5.82 Å². The molecule has 0 spiro atoms. The van der Waals surface area contributed by atoms with Crippen molar-refractivity contribution < 1.29 is 13.9 Å². The number of halogens is 1. The van der Waals surface area contributed by atoms with Crippen LogP contribution in [0.4, 0.5) is 15.9 Å². The molecule has 0 atom stereocenters. The third-order valence-electron chi connectivity index (χ3n) is 4.94. The van der Waals surface area contributed by atoms with E-state index in [1.54, 1.807) is 25.3 Å². The van der Waals surface area contributed by atoms with Crippen LogP contribution in [0.3, 0.4) is 0 Å². The molecule has 1 amide bonds. The number of hydrogen-bond donors (Lipinski definition) is 1. The first-order chi connectivity index (χ1) is 14.3. The van der Waals surface area contributed by atoms with E-state index in [1.165, 1.54) is 6.07 Å². The number of ether oxygens (including phenoxy) is 1. The SMILES string of the molecule is COCc1cc(N2CCN(CC(=O)Nc3ccccc3F)CC2)nc(C(C)(C)C)n1. The molecule has 0 bridgehead atoms. The Hall–Kier alpha value is -2.58. The predicted octanol–water partition coefficient (Wildman–Crippen LogP) is 2.82. The summed E-state index contributed by atoms with van der Waals surface area (Å²) < 4.78 is 19.0. The summed E-state index contributed by atoms with van der Waals surface area (Å²) in [4.78, 5) is 26.0. The molecule has 8 heteroatoms. The highest BCUT2D eigenvalue weighted by Crippen LogP contribution is 2.23. The predicted molar refractivity (Wildman–Crippen MR) is 115 cm³/mol. The average Bonchev–Trinajstić information content (AvgIpc) is 2.70. The molecular weight excluding hydrogens is 385 g/mol. The molecule has 1 aliphatic heterocycles. The topological polar surface area (TPSA) is 70.6 Å². The van der Waals surface area contributed by atoms with Crippen LogP contribution in [-0.4, -0.2) is 60.6 Å². The Morgan fingerprint density at radius 3 is 2.50 bits per heavy atom. The lowest BCUT2D eigenvalue weighted by Crippen LogP contribution is -2.49. The summed E-state index contributed by atoms with van der Waals surface area (Å²) in [6.45, 7) is 9.89. The normalized spacial score (nSPS) is 15.3. The van der Waals surface area contributed by atoms with Crippen molar-refractivity contribution in [3.8, 4) is 0 Å². The molecule has 2 heterocycles. The van der Waals surface area contributed by atoms with Gasteiger partial charge in [-0.1, -0.05) is 32.9 Å². The minimum absolute atomic E-state index is 0.162. The van der Waals surface area contributed by atoms with Crippen molar-refractivity contribution in [1.29, 1.82) is 0 Å². The molecule has 162 valence electrons. The number of rotatable bonds is 6. The number of benzene rings is 1. The van der Waals surface area contributed by atoms with Crippen LogP contribution in [0.1, 0.15) is 32.3 Å². The largest absolute Gasteiger partial charge is 0.378 e. The second kappa shape index (κ2) is 9.49. The van der Waals surface area contributed by atoms with Gasteiger partial charge in [0, 0.05) is 44.8 Å². The lowest BCUT2D eigenvalue weighted by Gasteiger charge is -2.35. The third-order valence-corrected chi connectivity index (χ3v) is 4.94. The molecule has 0 radical (unpaired) electrons. The number of nitrogens with zero attached hydrogens (tertiary/aromatic N) is 4. The fourth-order valence-electron chi connectivity index (χ4n) is 3.29. The molecule has 1 aromatic carbocycles. The monoisotopic (exact) mass is 415 g/mol. The first kappa shape index (κ1) is 22.1.